The minimum absolute atomic E-state index is 0.0724. The molecule has 0 unspecified atom stereocenters. The number of sulfonamides is 1. The van der Waals surface area contributed by atoms with Crippen LogP contribution in [0.3, 0.4) is 0 Å². The van der Waals surface area contributed by atoms with E-state index in [1.54, 1.807) is 22.5 Å². The van der Waals surface area contributed by atoms with Crippen molar-refractivity contribution in [1.29, 1.82) is 0 Å². The molecule has 1 aromatic heterocycles. The van der Waals surface area contributed by atoms with Crippen LogP contribution in [-0.2, 0) is 10.0 Å². The van der Waals surface area contributed by atoms with E-state index in [1.807, 2.05) is 6.92 Å². The van der Waals surface area contributed by atoms with E-state index < -0.39 is 15.6 Å². The van der Waals surface area contributed by atoms with Gasteiger partial charge in [0, 0.05) is 24.0 Å². The van der Waals surface area contributed by atoms with E-state index in [1.165, 1.54) is 12.1 Å². The van der Waals surface area contributed by atoms with Crippen molar-refractivity contribution in [3.63, 3.8) is 0 Å². The Morgan fingerprint density at radius 1 is 1.23 bits per heavy atom. The predicted molar refractivity (Wildman–Crippen MR) is 84.3 cm³/mol. The van der Waals surface area contributed by atoms with Crippen molar-refractivity contribution >= 4 is 21.0 Å². The number of hydrogen-bond acceptors (Lipinski definition) is 4. The second-order valence-corrected chi connectivity index (χ2v) is 7.52. The molecule has 6 heteroatoms. The first kappa shape index (κ1) is 15.2. The Morgan fingerprint density at radius 2 is 2.05 bits per heavy atom. The van der Waals surface area contributed by atoms with E-state index in [-0.39, 0.29) is 10.9 Å². The number of nitrogens with zero attached hydrogens (tertiary/aromatic N) is 1. The summed E-state index contributed by atoms with van der Waals surface area (Å²) in [6.45, 7) is 2.59. The summed E-state index contributed by atoms with van der Waals surface area (Å²) in [5.41, 5.74) is -0.0395. The number of hydrogen-bond donors (Lipinski definition) is 0. The van der Waals surface area contributed by atoms with Gasteiger partial charge in [-0.05, 0) is 43.5 Å². The van der Waals surface area contributed by atoms with Crippen LogP contribution in [0.2, 0.25) is 0 Å². The van der Waals surface area contributed by atoms with E-state index in [0.717, 1.165) is 25.7 Å². The zero-order valence-corrected chi connectivity index (χ0v) is 13.3. The average Bonchev–Trinajstić information content (AvgIpc) is 2.54. The molecule has 1 saturated heterocycles. The topological polar surface area (TPSA) is 67.6 Å². The summed E-state index contributed by atoms with van der Waals surface area (Å²) in [5.74, 6) is 0. The van der Waals surface area contributed by atoms with Crippen molar-refractivity contribution in [2.75, 3.05) is 6.54 Å². The maximum Gasteiger partial charge on any atom is 0.336 e. The fraction of sp³-hybridized carbons (Fsp3) is 0.438. The van der Waals surface area contributed by atoms with Crippen molar-refractivity contribution in [3.05, 3.63) is 40.8 Å². The zero-order chi connectivity index (χ0) is 15.7. The van der Waals surface area contributed by atoms with Crippen LogP contribution in [0.5, 0.6) is 0 Å². The molecule has 2 heterocycles. The van der Waals surface area contributed by atoms with Crippen LogP contribution in [0.25, 0.3) is 11.0 Å². The van der Waals surface area contributed by atoms with E-state index >= 15 is 0 Å². The minimum Gasteiger partial charge on any atom is -0.423 e. The molecule has 5 nitrogen and oxygen atoms in total. The fourth-order valence-corrected chi connectivity index (χ4v) is 4.85. The first-order valence-electron chi connectivity index (χ1n) is 7.58. The van der Waals surface area contributed by atoms with E-state index in [2.05, 4.69) is 0 Å². The Kier molecular flexibility index (Phi) is 4.06. The maximum absolute atomic E-state index is 12.9. The smallest absolute Gasteiger partial charge is 0.336 e. The van der Waals surface area contributed by atoms with Crippen LogP contribution < -0.4 is 5.63 Å². The van der Waals surface area contributed by atoms with Crippen molar-refractivity contribution in [1.82, 2.24) is 4.31 Å². The fourth-order valence-electron chi connectivity index (χ4n) is 3.04. The van der Waals surface area contributed by atoms with Crippen LogP contribution in [0.15, 0.2) is 44.4 Å². The quantitative estimate of drug-likeness (QED) is 0.815. The van der Waals surface area contributed by atoms with Gasteiger partial charge in [-0.25, -0.2) is 13.2 Å². The summed E-state index contributed by atoms with van der Waals surface area (Å²) >= 11 is 0. The van der Waals surface area contributed by atoms with Gasteiger partial charge in [-0.15, -0.1) is 0 Å². The molecule has 22 heavy (non-hydrogen) atoms. The van der Waals surface area contributed by atoms with Gasteiger partial charge in [0.2, 0.25) is 10.0 Å². The van der Waals surface area contributed by atoms with E-state index in [0.29, 0.717) is 17.5 Å². The first-order valence-corrected chi connectivity index (χ1v) is 9.02. The average molecular weight is 321 g/mol. The second-order valence-electron chi connectivity index (χ2n) is 5.63. The molecule has 1 aromatic carbocycles. The highest BCUT2D eigenvalue weighted by Crippen LogP contribution is 2.28. The van der Waals surface area contributed by atoms with E-state index in [4.69, 9.17) is 4.42 Å². The molecule has 1 aliphatic rings. The summed E-state index contributed by atoms with van der Waals surface area (Å²) in [5, 5.41) is 0.616. The third kappa shape index (κ3) is 2.68. The summed E-state index contributed by atoms with van der Waals surface area (Å²) in [7, 11) is -3.51. The van der Waals surface area contributed by atoms with Gasteiger partial charge in [0.15, 0.2) is 0 Å². The van der Waals surface area contributed by atoms with Crippen LogP contribution in [-0.4, -0.2) is 25.3 Å². The monoisotopic (exact) mass is 321 g/mol. The van der Waals surface area contributed by atoms with Gasteiger partial charge in [-0.2, -0.15) is 4.31 Å². The number of rotatable bonds is 3. The SMILES string of the molecule is CC[C@@H]1CCCCN1S(=O)(=O)c1ccc2oc(=O)ccc2c1. The molecule has 118 valence electrons. The van der Waals surface area contributed by atoms with Gasteiger partial charge in [0.1, 0.15) is 5.58 Å². The highest BCUT2D eigenvalue weighted by molar-refractivity contribution is 7.89. The molecule has 0 spiro atoms. The van der Waals surface area contributed by atoms with Crippen LogP contribution in [0, 0.1) is 0 Å². The minimum atomic E-state index is -3.51. The van der Waals surface area contributed by atoms with Crippen molar-refractivity contribution in [3.8, 4) is 0 Å². The lowest BCUT2D eigenvalue weighted by Gasteiger charge is -2.34. The molecule has 0 aliphatic carbocycles. The van der Waals surface area contributed by atoms with Gasteiger partial charge < -0.3 is 4.42 Å². The zero-order valence-electron chi connectivity index (χ0n) is 12.5. The predicted octanol–water partition coefficient (Wildman–Crippen LogP) is 2.75. The molecule has 1 fully saturated rings. The molecule has 0 bridgehead atoms. The third-order valence-corrected chi connectivity index (χ3v) is 6.19. The summed E-state index contributed by atoms with van der Waals surface area (Å²) < 4.78 is 32.5. The normalized spacial score (nSPS) is 20.3. The van der Waals surface area contributed by atoms with Crippen LogP contribution >= 0.6 is 0 Å². The summed E-state index contributed by atoms with van der Waals surface area (Å²) in [6.07, 6.45) is 3.71. The molecule has 1 atom stereocenters. The molecule has 0 amide bonds. The Bertz CT molecular complexity index is 841. The van der Waals surface area contributed by atoms with Crippen molar-refractivity contribution in [2.24, 2.45) is 0 Å². The highest BCUT2D eigenvalue weighted by Gasteiger charge is 2.32. The summed E-state index contributed by atoms with van der Waals surface area (Å²) in [6, 6.07) is 7.61. The summed E-state index contributed by atoms with van der Waals surface area (Å²) in [4.78, 5) is 11.5. The third-order valence-electron chi connectivity index (χ3n) is 4.24. The molecular formula is C16H19NO4S. The molecule has 0 saturated carbocycles. The number of piperidine rings is 1. The maximum atomic E-state index is 12.9. The van der Waals surface area contributed by atoms with Crippen LogP contribution in [0.1, 0.15) is 32.6 Å². The lowest BCUT2D eigenvalue weighted by molar-refractivity contribution is 0.246. The molecule has 0 N–H and O–H groups in total. The molecule has 0 radical (unpaired) electrons. The number of fused-ring (bicyclic) bond motifs is 1. The van der Waals surface area contributed by atoms with Gasteiger partial charge in [-0.1, -0.05) is 13.3 Å². The Labute approximate surface area is 129 Å². The molecule has 3 rings (SSSR count). The molecular weight excluding hydrogens is 302 g/mol. The molecule has 2 aromatic rings. The lowest BCUT2D eigenvalue weighted by atomic mass is 10.0. The standard InChI is InChI=1S/C16H19NO4S/c1-2-13-5-3-4-10-17(13)22(19,20)14-7-8-15-12(11-14)6-9-16(18)21-15/h6-9,11,13H,2-5,10H2,1H3/t13-/m1/s1. The van der Waals surface area contributed by atoms with Crippen molar-refractivity contribution in [2.45, 2.75) is 43.5 Å². The first-order chi connectivity index (χ1) is 10.5. The highest BCUT2D eigenvalue weighted by atomic mass is 32.2. The second kappa shape index (κ2) is 5.85. The Morgan fingerprint density at radius 3 is 2.82 bits per heavy atom. The Balaban J connectivity index is 2.04. The Hall–Kier alpha value is -1.66. The van der Waals surface area contributed by atoms with Gasteiger partial charge in [-0.3, -0.25) is 0 Å². The van der Waals surface area contributed by atoms with Crippen molar-refractivity contribution < 1.29 is 12.8 Å². The van der Waals surface area contributed by atoms with Gasteiger partial charge >= 0.3 is 5.63 Å². The van der Waals surface area contributed by atoms with E-state index in [9.17, 15) is 13.2 Å². The van der Waals surface area contributed by atoms with Gasteiger partial charge in [0.05, 0.1) is 4.90 Å². The van der Waals surface area contributed by atoms with Gasteiger partial charge in [0.25, 0.3) is 0 Å². The van der Waals surface area contributed by atoms with Crippen LogP contribution in [0.4, 0.5) is 0 Å². The lowest BCUT2D eigenvalue weighted by Crippen LogP contribution is -2.43. The number of benzene rings is 1. The largest absolute Gasteiger partial charge is 0.423 e. The molecule has 1 aliphatic heterocycles.